The van der Waals surface area contributed by atoms with Crippen LogP contribution in [0.15, 0.2) is 23.8 Å². The molecule has 0 saturated carbocycles. The molecule has 1 aromatic carbocycles. The quantitative estimate of drug-likeness (QED) is 0.262. The molecule has 38 heavy (non-hydrogen) atoms. The zero-order valence-electron chi connectivity index (χ0n) is 26.0. The van der Waals surface area contributed by atoms with Gasteiger partial charge in [-0.2, -0.15) is 0 Å². The highest BCUT2D eigenvalue weighted by Gasteiger charge is 2.47. The second-order valence-electron chi connectivity index (χ2n) is 14.7. The lowest BCUT2D eigenvalue weighted by Crippen LogP contribution is -2.46. The Morgan fingerprint density at radius 2 is 1.68 bits per heavy atom. The summed E-state index contributed by atoms with van der Waals surface area (Å²) in [6, 6.07) is 4.46. The molecule has 0 aromatic heterocycles. The van der Waals surface area contributed by atoms with Crippen LogP contribution in [0.3, 0.4) is 0 Å². The predicted molar refractivity (Wildman–Crippen MR) is 165 cm³/mol. The highest BCUT2D eigenvalue weighted by molar-refractivity contribution is 6.71. The number of hydrogen-bond donors (Lipinski definition) is 0. The van der Waals surface area contributed by atoms with Crippen molar-refractivity contribution in [3.8, 4) is 11.5 Å². The van der Waals surface area contributed by atoms with Gasteiger partial charge < -0.3 is 18.0 Å². The van der Waals surface area contributed by atoms with Crippen LogP contribution in [0.25, 0.3) is 0 Å². The third-order valence-electron chi connectivity index (χ3n) is 7.01. The number of carbonyl (C=O) groups is 1. The van der Waals surface area contributed by atoms with Gasteiger partial charge >= 0.3 is 5.97 Å². The fourth-order valence-electron chi connectivity index (χ4n) is 5.73. The van der Waals surface area contributed by atoms with E-state index < -0.39 is 25.0 Å². The lowest BCUT2D eigenvalue weighted by Gasteiger charge is -2.47. The molecule has 1 unspecified atom stereocenters. The molecule has 214 valence electrons. The van der Waals surface area contributed by atoms with Crippen LogP contribution in [-0.4, -0.2) is 42.6 Å². The zero-order chi connectivity index (χ0) is 28.7. The first-order chi connectivity index (χ1) is 17.2. The molecule has 8 heteroatoms. The summed E-state index contributed by atoms with van der Waals surface area (Å²) in [6.45, 7) is 26.1. The van der Waals surface area contributed by atoms with Crippen molar-refractivity contribution in [1.82, 2.24) is 0 Å². The van der Waals surface area contributed by atoms with Gasteiger partial charge in [-0.3, -0.25) is 0 Å². The molecule has 3 atom stereocenters. The van der Waals surface area contributed by atoms with E-state index in [1.807, 2.05) is 0 Å². The highest BCUT2D eigenvalue weighted by atomic mass is 28.4. The van der Waals surface area contributed by atoms with Gasteiger partial charge in [-0.05, 0) is 129 Å². The van der Waals surface area contributed by atoms with E-state index in [1.54, 1.807) is 0 Å². The maximum Gasteiger partial charge on any atom is 0.320 e. The molecular weight excluding hydrogens is 525 g/mol. The van der Waals surface area contributed by atoms with E-state index in [4.69, 9.17) is 18.0 Å². The Labute approximate surface area is 235 Å². The summed E-state index contributed by atoms with van der Waals surface area (Å²) in [6.07, 6.45) is 7.11. The Morgan fingerprint density at radius 1 is 1.03 bits per heavy atom. The van der Waals surface area contributed by atoms with Crippen LogP contribution >= 0.6 is 0 Å². The first-order valence-corrected chi connectivity index (χ1v) is 24.6. The second kappa shape index (κ2) is 11.3. The minimum Gasteiger partial charge on any atom is -0.544 e. The summed E-state index contributed by atoms with van der Waals surface area (Å²) < 4.78 is 25.6. The molecule has 1 aliphatic heterocycles. The van der Waals surface area contributed by atoms with Crippen LogP contribution in [0.4, 0.5) is 0 Å². The number of benzene rings is 1. The average Bonchev–Trinajstić information content (AvgIpc) is 2.69. The van der Waals surface area contributed by atoms with Gasteiger partial charge in [0.15, 0.2) is 8.32 Å². The Morgan fingerprint density at radius 3 is 2.26 bits per heavy atom. The van der Waals surface area contributed by atoms with Crippen molar-refractivity contribution in [2.45, 2.75) is 129 Å². The lowest BCUT2D eigenvalue weighted by molar-refractivity contribution is -0.131. The van der Waals surface area contributed by atoms with Gasteiger partial charge in [0.25, 0.3) is 0 Å². The van der Waals surface area contributed by atoms with E-state index in [0.717, 1.165) is 54.7 Å². The number of aryl methyl sites for hydroxylation is 1. The van der Waals surface area contributed by atoms with Crippen LogP contribution < -0.4 is 9.16 Å². The van der Waals surface area contributed by atoms with Crippen LogP contribution in [0.2, 0.25) is 58.9 Å². The second-order valence-corrected chi connectivity index (χ2v) is 28.0. The van der Waals surface area contributed by atoms with Gasteiger partial charge in [-0.15, -0.1) is 0 Å². The number of ether oxygens (including phenoxy) is 1. The third-order valence-corrected chi connectivity index (χ3v) is 9.75. The summed E-state index contributed by atoms with van der Waals surface area (Å²) in [7, 11) is -5.41. The topological polar surface area (TPSA) is 54.0 Å². The van der Waals surface area contributed by atoms with Gasteiger partial charge in [0.05, 0.1) is 0 Å². The van der Waals surface area contributed by atoms with Crippen molar-refractivity contribution in [2.75, 3.05) is 0 Å². The monoisotopic (exact) mass is 576 g/mol. The first-order valence-electron chi connectivity index (χ1n) is 14.4. The van der Waals surface area contributed by atoms with Crippen LogP contribution in [0.5, 0.6) is 11.5 Å². The van der Waals surface area contributed by atoms with Crippen molar-refractivity contribution < 1.29 is 22.8 Å². The Kier molecular flexibility index (Phi) is 9.23. The van der Waals surface area contributed by atoms with Crippen molar-refractivity contribution in [3.05, 3.63) is 34.9 Å². The fraction of sp³-hybridized carbons (Fsp3) is 0.700. The Bertz CT molecular complexity index is 1040. The van der Waals surface area contributed by atoms with Gasteiger partial charge in [-0.25, -0.2) is 4.79 Å². The first kappa shape index (κ1) is 31.2. The van der Waals surface area contributed by atoms with E-state index in [9.17, 15) is 4.79 Å². The maximum absolute atomic E-state index is 13.1. The number of allylic oxidation sites excluding steroid dienone is 1. The van der Waals surface area contributed by atoms with Crippen molar-refractivity contribution in [1.29, 1.82) is 0 Å². The summed E-state index contributed by atoms with van der Waals surface area (Å²) in [5.41, 5.74) is 2.81. The van der Waals surface area contributed by atoms with Gasteiger partial charge in [-0.1, -0.05) is 6.08 Å². The number of carbonyl (C=O) groups excluding carboxylic acids is 1. The van der Waals surface area contributed by atoms with Gasteiger partial charge in [0.1, 0.15) is 17.1 Å². The highest BCUT2D eigenvalue weighted by Crippen LogP contribution is 2.54. The largest absolute Gasteiger partial charge is 0.544 e. The molecular formula is C30H52O5Si3. The molecule has 1 aliphatic carbocycles. The van der Waals surface area contributed by atoms with Crippen molar-refractivity contribution in [3.63, 3.8) is 0 Å². The minimum atomic E-state index is -1.97. The Hall–Kier alpha value is -1.36. The van der Waals surface area contributed by atoms with Crippen molar-refractivity contribution in [2.24, 2.45) is 5.92 Å². The average molecular weight is 577 g/mol. The molecule has 0 fully saturated rings. The molecule has 5 nitrogen and oxygen atoms in total. The molecule has 0 amide bonds. The minimum absolute atomic E-state index is 0.0669. The lowest BCUT2D eigenvalue weighted by atomic mass is 9.67. The van der Waals surface area contributed by atoms with E-state index in [-0.39, 0.29) is 29.5 Å². The maximum atomic E-state index is 13.1. The van der Waals surface area contributed by atoms with E-state index >= 15 is 0 Å². The van der Waals surface area contributed by atoms with E-state index in [1.165, 1.54) is 5.56 Å². The van der Waals surface area contributed by atoms with Crippen LogP contribution in [0, 0.1) is 5.92 Å². The third kappa shape index (κ3) is 8.57. The van der Waals surface area contributed by atoms with E-state index in [2.05, 4.69) is 97.9 Å². The van der Waals surface area contributed by atoms with E-state index in [0.29, 0.717) is 0 Å². The van der Waals surface area contributed by atoms with Crippen LogP contribution in [-0.2, 0) is 20.1 Å². The molecule has 0 radical (unpaired) electrons. The van der Waals surface area contributed by atoms with Crippen molar-refractivity contribution >= 4 is 30.9 Å². The molecule has 0 bridgehead atoms. The summed E-state index contributed by atoms with van der Waals surface area (Å²) >= 11 is 0. The van der Waals surface area contributed by atoms with Gasteiger partial charge in [0, 0.05) is 29.1 Å². The molecule has 1 heterocycles. The smallest absolute Gasteiger partial charge is 0.320 e. The SMILES string of the molecule is CC(CCCc1cc2c(c(O[Si](C)(C)C)c1)[C@@H]1C=C(C(=O)O[Si](C)(C)C)CC[C@H]1C(C)(C)O2)O[Si](C)(C)C. The molecule has 3 rings (SSSR count). The number of hydrogen-bond acceptors (Lipinski definition) is 5. The zero-order valence-corrected chi connectivity index (χ0v) is 29.0. The summed E-state index contributed by atoms with van der Waals surface area (Å²) in [4.78, 5) is 13.1. The standard InChI is InChI=1S/C30H52O5Si3/c1-21(33-36(4,5)6)14-13-15-22-18-26-28(27(19-22)34-37(7,8)9)24-20-23(29(31)35-38(10,11)12)16-17-25(24)30(2,3)32-26/h18-21,24-25H,13-17H2,1-12H3/t21?,24-,25-/m1/s1. The molecule has 0 spiro atoms. The summed E-state index contributed by atoms with van der Waals surface area (Å²) in [5.74, 6) is 2.03. The number of rotatable bonds is 10. The normalized spacial score (nSPS) is 21.9. The molecule has 2 aliphatic rings. The Balaban J connectivity index is 1.97. The van der Waals surface area contributed by atoms with Crippen LogP contribution in [0.1, 0.15) is 63.5 Å². The summed E-state index contributed by atoms with van der Waals surface area (Å²) in [5, 5.41) is 0. The molecule has 0 saturated heterocycles. The fourth-order valence-corrected chi connectivity index (χ4v) is 8.57. The molecule has 0 N–H and O–H groups in total. The number of fused-ring (bicyclic) bond motifs is 3. The molecule has 1 aromatic rings. The van der Waals surface area contributed by atoms with Gasteiger partial charge in [0.2, 0.25) is 16.6 Å². The predicted octanol–water partition coefficient (Wildman–Crippen LogP) is 8.43.